The lowest BCUT2D eigenvalue weighted by Gasteiger charge is -2.25. The predicted molar refractivity (Wildman–Crippen MR) is 110 cm³/mol. The van der Waals surface area contributed by atoms with Gasteiger partial charge < -0.3 is 0 Å². The highest BCUT2D eigenvalue weighted by molar-refractivity contribution is 6.03. The Hall–Kier alpha value is -3.47. The fraction of sp³-hybridized carbons (Fsp3) is 0.136. The molecule has 0 unspecified atom stereocenters. The number of aliphatic imine (C=N–C) groups is 1. The number of nitro benzene ring substituents is 1. The van der Waals surface area contributed by atoms with E-state index in [9.17, 15) is 10.1 Å². The number of anilines is 2. The van der Waals surface area contributed by atoms with Gasteiger partial charge in [0.05, 0.1) is 10.6 Å². The van der Waals surface area contributed by atoms with Crippen LogP contribution in [0.15, 0.2) is 77.8 Å². The molecule has 0 amide bonds. The second kappa shape index (κ2) is 7.83. The highest BCUT2D eigenvalue weighted by Crippen LogP contribution is 2.29. The topological polar surface area (TPSA) is 58.7 Å². The second-order valence-electron chi connectivity index (χ2n) is 6.44. The molecule has 0 atom stereocenters. The van der Waals surface area contributed by atoms with Crippen LogP contribution in [0.5, 0.6) is 0 Å². The van der Waals surface area contributed by atoms with E-state index >= 15 is 0 Å². The minimum atomic E-state index is -0.396. The van der Waals surface area contributed by atoms with Gasteiger partial charge in [-0.25, -0.2) is 4.99 Å². The molecule has 0 saturated heterocycles. The number of benzene rings is 3. The first kappa shape index (κ1) is 18.3. The molecule has 0 saturated carbocycles. The van der Waals surface area contributed by atoms with Crippen molar-refractivity contribution in [3.8, 4) is 0 Å². The first-order chi connectivity index (χ1) is 12.9. The minimum Gasteiger partial charge on any atom is -0.299 e. The maximum atomic E-state index is 11.0. The number of non-ortho nitro benzene ring substituents is 1. The number of rotatable bonds is 4. The SMILES string of the molecule is CC(=Nc1ccc(C)cc1)N(c1ccc(C)cc1)c1ccc([N+](=O)[O-])cc1. The van der Waals surface area contributed by atoms with Crippen molar-refractivity contribution in [1.29, 1.82) is 0 Å². The van der Waals surface area contributed by atoms with Gasteiger partial charge in [-0.2, -0.15) is 0 Å². The summed E-state index contributed by atoms with van der Waals surface area (Å²) in [6.07, 6.45) is 0. The lowest BCUT2D eigenvalue weighted by molar-refractivity contribution is -0.384. The lowest BCUT2D eigenvalue weighted by atomic mass is 10.2. The maximum absolute atomic E-state index is 11.0. The van der Waals surface area contributed by atoms with Crippen molar-refractivity contribution in [2.75, 3.05) is 4.90 Å². The van der Waals surface area contributed by atoms with Crippen LogP contribution in [0, 0.1) is 24.0 Å². The zero-order chi connectivity index (χ0) is 19.4. The van der Waals surface area contributed by atoms with E-state index in [2.05, 4.69) is 0 Å². The molecule has 0 radical (unpaired) electrons. The molecule has 136 valence electrons. The van der Waals surface area contributed by atoms with Crippen LogP contribution in [0.4, 0.5) is 22.7 Å². The summed E-state index contributed by atoms with van der Waals surface area (Å²) in [6, 6.07) is 22.6. The smallest absolute Gasteiger partial charge is 0.269 e. The fourth-order valence-electron chi connectivity index (χ4n) is 2.80. The molecule has 3 aromatic rings. The Kier molecular flexibility index (Phi) is 5.31. The van der Waals surface area contributed by atoms with Crippen molar-refractivity contribution in [2.24, 2.45) is 4.99 Å². The summed E-state index contributed by atoms with van der Waals surface area (Å²) < 4.78 is 0. The van der Waals surface area contributed by atoms with Gasteiger partial charge in [0, 0.05) is 23.5 Å². The number of hydrogen-bond donors (Lipinski definition) is 0. The molecule has 0 fully saturated rings. The summed E-state index contributed by atoms with van der Waals surface area (Å²) >= 11 is 0. The normalized spacial score (nSPS) is 11.3. The predicted octanol–water partition coefficient (Wildman–Crippen LogP) is 6.10. The summed E-state index contributed by atoms with van der Waals surface area (Å²) in [7, 11) is 0. The van der Waals surface area contributed by atoms with Crippen molar-refractivity contribution >= 4 is 28.6 Å². The van der Waals surface area contributed by atoms with Gasteiger partial charge in [-0.1, -0.05) is 35.4 Å². The van der Waals surface area contributed by atoms with E-state index in [1.54, 1.807) is 12.1 Å². The first-order valence-corrected chi connectivity index (χ1v) is 8.67. The Labute approximate surface area is 158 Å². The van der Waals surface area contributed by atoms with Gasteiger partial charge in [-0.3, -0.25) is 15.0 Å². The molecule has 5 heteroatoms. The van der Waals surface area contributed by atoms with Gasteiger partial charge in [-0.05, 0) is 57.2 Å². The van der Waals surface area contributed by atoms with Crippen LogP contribution in [0.3, 0.4) is 0 Å². The standard InChI is InChI=1S/C22H21N3O2/c1-16-4-8-19(9-5-16)23-18(3)24(20-10-6-17(2)7-11-20)21-12-14-22(15-13-21)25(26)27/h4-15H,1-3H3. The largest absolute Gasteiger partial charge is 0.299 e. The van der Waals surface area contributed by atoms with Crippen LogP contribution in [0.25, 0.3) is 0 Å². The molecule has 0 spiro atoms. The van der Waals surface area contributed by atoms with Crippen molar-refractivity contribution in [3.05, 3.63) is 94.0 Å². The van der Waals surface area contributed by atoms with Crippen LogP contribution < -0.4 is 4.90 Å². The van der Waals surface area contributed by atoms with Crippen LogP contribution in [0.1, 0.15) is 18.1 Å². The molecular formula is C22H21N3O2. The highest BCUT2D eigenvalue weighted by Gasteiger charge is 2.14. The van der Waals surface area contributed by atoms with E-state index < -0.39 is 4.92 Å². The van der Waals surface area contributed by atoms with Crippen LogP contribution in [-0.2, 0) is 0 Å². The zero-order valence-corrected chi connectivity index (χ0v) is 15.6. The third-order valence-corrected chi connectivity index (χ3v) is 4.26. The van der Waals surface area contributed by atoms with Crippen LogP contribution >= 0.6 is 0 Å². The molecule has 0 N–H and O–H groups in total. The maximum Gasteiger partial charge on any atom is 0.269 e. The molecular weight excluding hydrogens is 338 g/mol. The van der Waals surface area contributed by atoms with E-state index in [1.807, 2.05) is 74.2 Å². The van der Waals surface area contributed by atoms with Gasteiger partial charge in [0.1, 0.15) is 5.84 Å². The number of nitro groups is 1. The molecule has 27 heavy (non-hydrogen) atoms. The van der Waals surface area contributed by atoms with Crippen LogP contribution in [-0.4, -0.2) is 10.8 Å². The molecule has 0 aromatic heterocycles. The fourth-order valence-corrected chi connectivity index (χ4v) is 2.80. The Bertz CT molecular complexity index is 960. The quantitative estimate of drug-likeness (QED) is 0.245. The summed E-state index contributed by atoms with van der Waals surface area (Å²) in [5.74, 6) is 0.775. The van der Waals surface area contributed by atoms with Crippen molar-refractivity contribution in [1.82, 2.24) is 0 Å². The number of aryl methyl sites for hydroxylation is 2. The number of nitrogens with zero attached hydrogens (tertiary/aromatic N) is 3. The molecule has 0 aliphatic heterocycles. The minimum absolute atomic E-state index is 0.0655. The van der Waals surface area contributed by atoms with Gasteiger partial charge in [0.2, 0.25) is 0 Å². The van der Waals surface area contributed by atoms with Gasteiger partial charge >= 0.3 is 0 Å². The van der Waals surface area contributed by atoms with E-state index in [0.29, 0.717) is 0 Å². The average Bonchev–Trinajstić information content (AvgIpc) is 2.66. The van der Waals surface area contributed by atoms with E-state index in [0.717, 1.165) is 28.5 Å². The Balaban J connectivity index is 2.04. The Morgan fingerprint density at radius 3 is 1.74 bits per heavy atom. The zero-order valence-electron chi connectivity index (χ0n) is 15.6. The van der Waals surface area contributed by atoms with E-state index in [-0.39, 0.29) is 5.69 Å². The molecule has 0 aliphatic rings. The summed E-state index contributed by atoms with van der Waals surface area (Å²) in [4.78, 5) is 17.3. The number of hydrogen-bond acceptors (Lipinski definition) is 3. The lowest BCUT2D eigenvalue weighted by Crippen LogP contribution is -2.23. The molecule has 0 aliphatic carbocycles. The van der Waals surface area contributed by atoms with E-state index in [4.69, 9.17) is 4.99 Å². The molecule has 0 bridgehead atoms. The molecule has 5 nitrogen and oxygen atoms in total. The average molecular weight is 359 g/mol. The summed E-state index contributed by atoms with van der Waals surface area (Å²) in [5, 5.41) is 11.0. The van der Waals surface area contributed by atoms with Crippen molar-refractivity contribution < 1.29 is 4.92 Å². The number of amidine groups is 1. The van der Waals surface area contributed by atoms with Crippen molar-refractivity contribution in [3.63, 3.8) is 0 Å². The van der Waals surface area contributed by atoms with E-state index in [1.165, 1.54) is 17.7 Å². The molecule has 3 aromatic carbocycles. The van der Waals surface area contributed by atoms with Gasteiger partial charge in [0.25, 0.3) is 5.69 Å². The Morgan fingerprint density at radius 1 is 0.815 bits per heavy atom. The van der Waals surface area contributed by atoms with Gasteiger partial charge in [-0.15, -0.1) is 0 Å². The monoisotopic (exact) mass is 359 g/mol. The summed E-state index contributed by atoms with van der Waals surface area (Å²) in [6.45, 7) is 6.00. The third-order valence-electron chi connectivity index (χ3n) is 4.26. The molecule has 0 heterocycles. The first-order valence-electron chi connectivity index (χ1n) is 8.67. The second-order valence-corrected chi connectivity index (χ2v) is 6.44. The highest BCUT2D eigenvalue weighted by atomic mass is 16.6. The van der Waals surface area contributed by atoms with Crippen LogP contribution in [0.2, 0.25) is 0 Å². The Morgan fingerprint density at radius 2 is 1.26 bits per heavy atom. The third kappa shape index (κ3) is 4.39. The van der Waals surface area contributed by atoms with Crippen molar-refractivity contribution in [2.45, 2.75) is 20.8 Å². The molecule has 3 rings (SSSR count). The summed E-state index contributed by atoms with van der Waals surface area (Å²) in [5.41, 5.74) is 5.03. The van der Waals surface area contributed by atoms with Gasteiger partial charge in [0.15, 0.2) is 0 Å².